The van der Waals surface area contributed by atoms with Gasteiger partial charge in [-0.15, -0.1) is 0 Å². The maximum atomic E-state index is 12.8. The molecule has 0 aliphatic heterocycles. The van der Waals surface area contributed by atoms with Gasteiger partial charge in [-0.3, -0.25) is 14.4 Å². The van der Waals surface area contributed by atoms with Crippen molar-refractivity contribution < 1.29 is 28.6 Å². The SMILES string of the molecule is CC\C=C/C=C\C=C/C=C\CCCCCC(=O)OCC(COC(=O)CCCCCCC\C=C/C=C\C=C/C=C\C=C/CCC)OC(=O)CCC/C=C\C/C=C\C/C=C\C/C=C\CCCCC. The number of hydrogen-bond acceptors (Lipinski definition) is 6. The van der Waals surface area contributed by atoms with Gasteiger partial charge in [-0.1, -0.05) is 224 Å². The number of esters is 3. The van der Waals surface area contributed by atoms with Gasteiger partial charge >= 0.3 is 17.9 Å². The third-order valence-corrected chi connectivity index (χ3v) is 9.94. The van der Waals surface area contributed by atoms with Crippen LogP contribution < -0.4 is 0 Å². The molecule has 6 heteroatoms. The Kier molecular flexibility index (Phi) is 48.7. The van der Waals surface area contributed by atoms with Crippen LogP contribution in [0.25, 0.3) is 0 Å². The van der Waals surface area contributed by atoms with Gasteiger partial charge in [-0.2, -0.15) is 0 Å². The zero-order valence-corrected chi connectivity index (χ0v) is 41.6. The first kappa shape index (κ1) is 61.0. The average molecular weight is 907 g/mol. The molecule has 0 aromatic rings. The molecule has 0 aromatic carbocycles. The molecule has 0 aliphatic carbocycles. The number of unbranched alkanes of at least 4 members (excludes halogenated alkanes) is 13. The standard InChI is InChI=1S/C60H90O6/c1-4-7-10-13-16-19-22-25-27-29-31-32-35-38-41-44-47-50-53-59(62)65-56-57(55-64-58(61)52-49-46-43-40-37-34-24-21-18-15-12-9-6-3)66-60(63)54-51-48-45-42-39-36-33-30-28-26-23-20-17-14-11-8-5-2/h9-10,12-13,15-22,24-29,31-34,36-37,42,45,57H,4-8,11,14,23,30,35,38-41,43-44,46-56H2,1-3H3/b12-9-,13-10-,18-15-,19-16-,20-17-,24-21-,25-22-,28-26-,29-27-,32-31-,36-33-,37-34-,45-42-. The highest BCUT2D eigenvalue weighted by molar-refractivity contribution is 5.71. The molecule has 0 rings (SSSR count). The summed E-state index contributed by atoms with van der Waals surface area (Å²) in [5.74, 6) is -1.07. The lowest BCUT2D eigenvalue weighted by Gasteiger charge is -2.18. The first-order valence-corrected chi connectivity index (χ1v) is 25.6. The average Bonchev–Trinajstić information content (AvgIpc) is 3.31. The molecule has 0 saturated carbocycles. The minimum Gasteiger partial charge on any atom is -0.462 e. The largest absolute Gasteiger partial charge is 0.462 e. The Bertz CT molecular complexity index is 1560. The van der Waals surface area contributed by atoms with Crippen LogP contribution in [-0.2, 0) is 28.6 Å². The van der Waals surface area contributed by atoms with E-state index >= 15 is 0 Å². The summed E-state index contributed by atoms with van der Waals surface area (Å²) in [6.07, 6.45) is 76.5. The van der Waals surface area contributed by atoms with E-state index in [0.717, 1.165) is 96.3 Å². The van der Waals surface area contributed by atoms with Crippen LogP contribution in [0.15, 0.2) is 158 Å². The monoisotopic (exact) mass is 907 g/mol. The van der Waals surface area contributed by atoms with Crippen molar-refractivity contribution in [3.05, 3.63) is 158 Å². The second-order valence-corrected chi connectivity index (χ2v) is 16.2. The van der Waals surface area contributed by atoms with Gasteiger partial charge in [0.15, 0.2) is 6.10 Å². The van der Waals surface area contributed by atoms with Crippen molar-refractivity contribution in [3.8, 4) is 0 Å². The molecule has 0 fully saturated rings. The Hall–Kier alpha value is -4.97. The lowest BCUT2D eigenvalue weighted by atomic mass is 10.1. The molecule has 1 unspecified atom stereocenters. The molecule has 0 aliphatic rings. The van der Waals surface area contributed by atoms with Crippen LogP contribution in [0.3, 0.4) is 0 Å². The summed E-state index contributed by atoms with van der Waals surface area (Å²) in [6.45, 7) is 6.24. The maximum absolute atomic E-state index is 12.8. The molecule has 0 spiro atoms. The van der Waals surface area contributed by atoms with Crippen molar-refractivity contribution in [1.29, 1.82) is 0 Å². The van der Waals surface area contributed by atoms with E-state index in [1.165, 1.54) is 32.1 Å². The number of rotatable bonds is 43. The molecule has 0 amide bonds. The topological polar surface area (TPSA) is 78.9 Å². The molecule has 0 radical (unpaired) electrons. The van der Waals surface area contributed by atoms with Gasteiger partial charge < -0.3 is 14.2 Å². The smallest absolute Gasteiger partial charge is 0.306 e. The second-order valence-electron chi connectivity index (χ2n) is 16.2. The van der Waals surface area contributed by atoms with E-state index in [-0.39, 0.29) is 38.0 Å². The van der Waals surface area contributed by atoms with Gasteiger partial charge in [0.1, 0.15) is 13.2 Å². The van der Waals surface area contributed by atoms with Crippen LogP contribution >= 0.6 is 0 Å². The van der Waals surface area contributed by atoms with E-state index in [1.807, 2.05) is 72.9 Å². The third-order valence-electron chi connectivity index (χ3n) is 9.94. The van der Waals surface area contributed by atoms with Gasteiger partial charge in [0.05, 0.1) is 0 Å². The van der Waals surface area contributed by atoms with Crippen molar-refractivity contribution in [2.24, 2.45) is 0 Å². The summed E-state index contributed by atoms with van der Waals surface area (Å²) >= 11 is 0. The Morgan fingerprint density at radius 1 is 0.333 bits per heavy atom. The summed E-state index contributed by atoms with van der Waals surface area (Å²) in [7, 11) is 0. The van der Waals surface area contributed by atoms with Crippen LogP contribution in [0.1, 0.15) is 181 Å². The minimum absolute atomic E-state index is 0.134. The lowest BCUT2D eigenvalue weighted by molar-refractivity contribution is -0.167. The quantitative estimate of drug-likeness (QED) is 0.0199. The lowest BCUT2D eigenvalue weighted by Crippen LogP contribution is -2.30. The van der Waals surface area contributed by atoms with Gasteiger partial charge in [0, 0.05) is 19.3 Å². The highest BCUT2D eigenvalue weighted by Gasteiger charge is 2.19. The van der Waals surface area contributed by atoms with Crippen molar-refractivity contribution in [3.63, 3.8) is 0 Å². The van der Waals surface area contributed by atoms with Crippen LogP contribution in [-0.4, -0.2) is 37.2 Å². The highest BCUT2D eigenvalue weighted by atomic mass is 16.6. The molecule has 0 N–H and O–H groups in total. The van der Waals surface area contributed by atoms with Crippen molar-refractivity contribution >= 4 is 17.9 Å². The predicted octanol–water partition coefficient (Wildman–Crippen LogP) is 17.0. The second kappa shape index (κ2) is 52.7. The molecule has 0 heterocycles. The molecule has 366 valence electrons. The van der Waals surface area contributed by atoms with Gasteiger partial charge in [-0.25, -0.2) is 0 Å². The van der Waals surface area contributed by atoms with Crippen molar-refractivity contribution in [2.75, 3.05) is 13.2 Å². The number of carbonyl (C=O) groups is 3. The normalized spacial score (nSPS) is 13.4. The molecular formula is C60H90O6. The zero-order valence-electron chi connectivity index (χ0n) is 41.6. The van der Waals surface area contributed by atoms with Crippen molar-refractivity contribution in [2.45, 2.75) is 187 Å². The van der Waals surface area contributed by atoms with E-state index in [0.29, 0.717) is 19.3 Å². The highest BCUT2D eigenvalue weighted by Crippen LogP contribution is 2.11. The van der Waals surface area contributed by atoms with Gasteiger partial charge in [0.2, 0.25) is 0 Å². The van der Waals surface area contributed by atoms with Crippen molar-refractivity contribution in [1.82, 2.24) is 0 Å². The van der Waals surface area contributed by atoms with Crippen LogP contribution in [0.2, 0.25) is 0 Å². The summed E-state index contributed by atoms with van der Waals surface area (Å²) in [6, 6.07) is 0. The van der Waals surface area contributed by atoms with E-state index in [4.69, 9.17) is 14.2 Å². The third kappa shape index (κ3) is 50.0. The van der Waals surface area contributed by atoms with E-state index in [1.54, 1.807) is 0 Å². The van der Waals surface area contributed by atoms with E-state index in [9.17, 15) is 14.4 Å². The molecular weight excluding hydrogens is 817 g/mol. The molecule has 66 heavy (non-hydrogen) atoms. The number of hydrogen-bond donors (Lipinski definition) is 0. The Labute approximate surface area is 403 Å². The molecule has 0 bridgehead atoms. The molecule has 6 nitrogen and oxygen atoms in total. The predicted molar refractivity (Wildman–Crippen MR) is 283 cm³/mol. The minimum atomic E-state index is -0.842. The van der Waals surface area contributed by atoms with E-state index < -0.39 is 12.1 Å². The number of carbonyl (C=O) groups excluding carboxylic acids is 3. The summed E-state index contributed by atoms with van der Waals surface area (Å²) in [5.41, 5.74) is 0. The Balaban J connectivity index is 4.63. The first-order chi connectivity index (χ1) is 32.5. The summed E-state index contributed by atoms with van der Waals surface area (Å²) in [4.78, 5) is 38.0. The van der Waals surface area contributed by atoms with Crippen LogP contribution in [0, 0.1) is 0 Å². The summed E-state index contributed by atoms with van der Waals surface area (Å²) < 4.78 is 16.7. The number of ether oxygens (including phenoxy) is 3. The fourth-order valence-corrected chi connectivity index (χ4v) is 6.12. The van der Waals surface area contributed by atoms with Crippen LogP contribution in [0.5, 0.6) is 0 Å². The summed E-state index contributed by atoms with van der Waals surface area (Å²) in [5, 5.41) is 0. The fraction of sp³-hybridized carbons (Fsp3) is 0.517. The number of allylic oxidation sites excluding steroid dienone is 26. The van der Waals surface area contributed by atoms with Gasteiger partial charge in [0.25, 0.3) is 0 Å². The Morgan fingerprint density at radius 3 is 1.18 bits per heavy atom. The van der Waals surface area contributed by atoms with E-state index in [2.05, 4.69) is 106 Å². The van der Waals surface area contributed by atoms with Crippen LogP contribution in [0.4, 0.5) is 0 Å². The molecule has 0 saturated heterocycles. The molecule has 0 aromatic heterocycles. The molecule has 1 atom stereocenters. The van der Waals surface area contributed by atoms with Gasteiger partial charge in [-0.05, 0) is 96.3 Å². The Morgan fingerprint density at radius 2 is 0.697 bits per heavy atom. The zero-order chi connectivity index (χ0) is 47.9. The maximum Gasteiger partial charge on any atom is 0.306 e. The first-order valence-electron chi connectivity index (χ1n) is 25.6. The fourth-order valence-electron chi connectivity index (χ4n) is 6.12.